The fourth-order valence-electron chi connectivity index (χ4n) is 1.82. The molecule has 0 amide bonds. The fraction of sp³-hybridized carbons (Fsp3) is 0.643. The van der Waals surface area contributed by atoms with Gasteiger partial charge in [-0.1, -0.05) is 13.8 Å². The van der Waals surface area contributed by atoms with Crippen LogP contribution in [0.4, 0.5) is 0 Å². The minimum atomic E-state index is -0.297. The standard InChI is InChI=1S/C14H23NO3S/c1-10(2)6-11(16)8-15-9-13-5-4-12(19-13)7-14(17)18-3/h4-5,10-11,15-16H,6-9H2,1-3H3. The van der Waals surface area contributed by atoms with Gasteiger partial charge < -0.3 is 15.2 Å². The van der Waals surface area contributed by atoms with Gasteiger partial charge in [-0.25, -0.2) is 0 Å². The van der Waals surface area contributed by atoms with Crippen LogP contribution in [0.3, 0.4) is 0 Å². The Morgan fingerprint density at radius 2 is 2.11 bits per heavy atom. The van der Waals surface area contributed by atoms with E-state index in [9.17, 15) is 9.90 Å². The van der Waals surface area contributed by atoms with E-state index in [2.05, 4.69) is 23.9 Å². The van der Waals surface area contributed by atoms with Gasteiger partial charge in [-0.3, -0.25) is 4.79 Å². The number of thiophene rings is 1. The van der Waals surface area contributed by atoms with Crippen molar-refractivity contribution < 1.29 is 14.6 Å². The highest BCUT2D eigenvalue weighted by atomic mass is 32.1. The van der Waals surface area contributed by atoms with Gasteiger partial charge in [-0.15, -0.1) is 11.3 Å². The van der Waals surface area contributed by atoms with E-state index >= 15 is 0 Å². The third-order valence-electron chi connectivity index (χ3n) is 2.69. The Hall–Kier alpha value is -0.910. The maximum atomic E-state index is 11.1. The molecule has 2 N–H and O–H groups in total. The Bertz CT molecular complexity index is 390. The molecule has 19 heavy (non-hydrogen) atoms. The minimum absolute atomic E-state index is 0.214. The van der Waals surface area contributed by atoms with E-state index in [-0.39, 0.29) is 12.1 Å². The Labute approximate surface area is 118 Å². The van der Waals surface area contributed by atoms with Crippen molar-refractivity contribution in [3.05, 3.63) is 21.9 Å². The lowest BCUT2D eigenvalue weighted by atomic mass is 10.1. The highest BCUT2D eigenvalue weighted by Crippen LogP contribution is 2.17. The predicted molar refractivity (Wildman–Crippen MR) is 77.2 cm³/mol. The molecule has 0 spiro atoms. The summed E-state index contributed by atoms with van der Waals surface area (Å²) in [5.74, 6) is 0.291. The second-order valence-electron chi connectivity index (χ2n) is 5.04. The molecule has 0 aliphatic heterocycles. The van der Waals surface area contributed by atoms with Crippen LogP contribution in [-0.2, 0) is 22.5 Å². The Morgan fingerprint density at radius 1 is 1.42 bits per heavy atom. The number of nitrogens with one attached hydrogen (secondary N) is 1. The number of carbonyl (C=O) groups is 1. The van der Waals surface area contributed by atoms with Gasteiger partial charge in [0.05, 0.1) is 19.6 Å². The van der Waals surface area contributed by atoms with Gasteiger partial charge in [0.2, 0.25) is 0 Å². The molecule has 0 aliphatic carbocycles. The van der Waals surface area contributed by atoms with E-state index in [4.69, 9.17) is 0 Å². The van der Waals surface area contributed by atoms with Crippen LogP contribution < -0.4 is 5.32 Å². The average molecular weight is 285 g/mol. The first-order valence-corrected chi connectivity index (χ1v) is 7.36. The van der Waals surface area contributed by atoms with E-state index < -0.39 is 0 Å². The largest absolute Gasteiger partial charge is 0.469 e. The SMILES string of the molecule is COC(=O)Cc1ccc(CNCC(O)CC(C)C)s1. The normalized spacial score (nSPS) is 12.7. The smallest absolute Gasteiger partial charge is 0.310 e. The summed E-state index contributed by atoms with van der Waals surface area (Å²) in [5, 5.41) is 13.0. The molecule has 5 heteroatoms. The first-order chi connectivity index (χ1) is 9.01. The molecule has 0 aliphatic rings. The van der Waals surface area contributed by atoms with Gasteiger partial charge in [-0.05, 0) is 24.5 Å². The van der Waals surface area contributed by atoms with Gasteiger partial charge in [0.25, 0.3) is 0 Å². The molecule has 0 radical (unpaired) electrons. The molecule has 1 rings (SSSR count). The number of esters is 1. The van der Waals surface area contributed by atoms with Gasteiger partial charge >= 0.3 is 5.97 Å². The number of aliphatic hydroxyl groups excluding tert-OH is 1. The van der Waals surface area contributed by atoms with Crippen LogP contribution in [0, 0.1) is 5.92 Å². The third-order valence-corrected chi connectivity index (χ3v) is 3.77. The van der Waals surface area contributed by atoms with Crippen LogP contribution >= 0.6 is 11.3 Å². The van der Waals surface area contributed by atoms with E-state index in [1.165, 1.54) is 7.11 Å². The van der Waals surface area contributed by atoms with Crippen LogP contribution in [0.2, 0.25) is 0 Å². The topological polar surface area (TPSA) is 58.6 Å². The van der Waals surface area contributed by atoms with Crippen LogP contribution in [0.1, 0.15) is 30.0 Å². The minimum Gasteiger partial charge on any atom is -0.469 e. The van der Waals surface area contributed by atoms with E-state index in [1.54, 1.807) is 11.3 Å². The van der Waals surface area contributed by atoms with Crippen molar-refractivity contribution in [1.29, 1.82) is 0 Å². The zero-order valence-electron chi connectivity index (χ0n) is 11.8. The molecule has 1 aromatic rings. The number of rotatable bonds is 8. The number of aliphatic hydroxyl groups is 1. The average Bonchev–Trinajstić information content (AvgIpc) is 2.75. The molecule has 4 nitrogen and oxygen atoms in total. The van der Waals surface area contributed by atoms with E-state index in [0.29, 0.717) is 18.9 Å². The fourth-order valence-corrected chi connectivity index (χ4v) is 2.79. The summed E-state index contributed by atoms with van der Waals surface area (Å²) in [6.07, 6.45) is 0.844. The highest BCUT2D eigenvalue weighted by molar-refractivity contribution is 7.12. The first kappa shape index (κ1) is 16.1. The lowest BCUT2D eigenvalue weighted by Gasteiger charge is -2.13. The van der Waals surface area contributed by atoms with Gasteiger partial charge in [0.1, 0.15) is 0 Å². The maximum Gasteiger partial charge on any atom is 0.310 e. The zero-order chi connectivity index (χ0) is 14.3. The molecule has 1 unspecified atom stereocenters. The lowest BCUT2D eigenvalue weighted by Crippen LogP contribution is -2.27. The van der Waals surface area contributed by atoms with Crippen LogP contribution in [0.5, 0.6) is 0 Å². The van der Waals surface area contributed by atoms with Crippen molar-refractivity contribution in [1.82, 2.24) is 5.32 Å². The second-order valence-corrected chi connectivity index (χ2v) is 6.29. The van der Waals surface area contributed by atoms with E-state index in [1.807, 2.05) is 12.1 Å². The Kier molecular flexibility index (Phi) is 7.05. The number of ether oxygens (including phenoxy) is 1. The van der Waals surface area contributed by atoms with Gasteiger partial charge in [0, 0.05) is 22.8 Å². The molecule has 0 bridgehead atoms. The molecule has 108 valence electrons. The lowest BCUT2D eigenvalue weighted by molar-refractivity contribution is -0.139. The Morgan fingerprint density at radius 3 is 2.74 bits per heavy atom. The van der Waals surface area contributed by atoms with Crippen molar-refractivity contribution in [3.8, 4) is 0 Å². The summed E-state index contributed by atoms with van der Waals surface area (Å²) in [6, 6.07) is 3.95. The van der Waals surface area contributed by atoms with Crippen molar-refractivity contribution in [3.63, 3.8) is 0 Å². The quantitative estimate of drug-likeness (QED) is 0.717. The number of hydrogen-bond donors (Lipinski definition) is 2. The van der Waals surface area contributed by atoms with Crippen molar-refractivity contribution in [2.75, 3.05) is 13.7 Å². The number of carbonyl (C=O) groups excluding carboxylic acids is 1. The van der Waals surface area contributed by atoms with Crippen LogP contribution in [0.15, 0.2) is 12.1 Å². The van der Waals surface area contributed by atoms with E-state index in [0.717, 1.165) is 22.7 Å². The summed E-state index contributed by atoms with van der Waals surface area (Å²) < 4.78 is 4.63. The molecule has 1 atom stereocenters. The van der Waals surface area contributed by atoms with Crippen molar-refractivity contribution >= 4 is 17.3 Å². The molecule has 0 aromatic carbocycles. The second kappa shape index (κ2) is 8.30. The summed E-state index contributed by atoms with van der Waals surface area (Å²) in [6.45, 7) is 5.52. The molecule has 0 saturated heterocycles. The zero-order valence-corrected chi connectivity index (χ0v) is 12.6. The number of methoxy groups -OCH3 is 1. The summed E-state index contributed by atoms with van der Waals surface area (Å²) in [7, 11) is 1.40. The monoisotopic (exact) mass is 285 g/mol. The maximum absolute atomic E-state index is 11.1. The van der Waals surface area contributed by atoms with Crippen molar-refractivity contribution in [2.24, 2.45) is 5.92 Å². The molecule has 1 heterocycles. The number of hydrogen-bond acceptors (Lipinski definition) is 5. The molecule has 0 saturated carbocycles. The molecular formula is C14H23NO3S. The first-order valence-electron chi connectivity index (χ1n) is 6.54. The van der Waals surface area contributed by atoms with Crippen LogP contribution in [0.25, 0.3) is 0 Å². The Balaban J connectivity index is 2.28. The third kappa shape index (κ3) is 6.71. The molecule has 1 aromatic heterocycles. The summed E-state index contributed by atoms with van der Waals surface area (Å²) in [5.41, 5.74) is 0. The van der Waals surface area contributed by atoms with Gasteiger partial charge in [-0.2, -0.15) is 0 Å². The highest BCUT2D eigenvalue weighted by Gasteiger charge is 2.08. The molecule has 0 fully saturated rings. The van der Waals surface area contributed by atoms with Gasteiger partial charge in [0.15, 0.2) is 0 Å². The van der Waals surface area contributed by atoms with Crippen molar-refractivity contribution in [2.45, 2.75) is 39.3 Å². The predicted octanol–water partition coefficient (Wildman–Crippen LogP) is 1.96. The molecular weight excluding hydrogens is 262 g/mol. The summed E-state index contributed by atoms with van der Waals surface area (Å²) >= 11 is 1.60. The summed E-state index contributed by atoms with van der Waals surface area (Å²) in [4.78, 5) is 13.3. The van der Waals surface area contributed by atoms with Crippen LogP contribution in [-0.4, -0.2) is 30.8 Å².